The Kier molecular flexibility index (Phi) is 10.5. The zero-order valence-electron chi connectivity index (χ0n) is 22.5. The van der Waals surface area contributed by atoms with Crippen molar-refractivity contribution in [1.82, 2.24) is 14.4 Å². The predicted molar refractivity (Wildman–Crippen MR) is 154 cm³/mol. The van der Waals surface area contributed by atoms with E-state index in [2.05, 4.69) is 0 Å². The van der Waals surface area contributed by atoms with Crippen molar-refractivity contribution in [2.45, 2.75) is 26.1 Å². The summed E-state index contributed by atoms with van der Waals surface area (Å²) in [7, 11) is 1.61. The van der Waals surface area contributed by atoms with E-state index in [9.17, 15) is 14.0 Å². The molecule has 1 aromatic heterocycles. The molecule has 4 aromatic rings. The standard InChI is InChI=1S/C32H33ClFN3O3/c1-40-20-6-19-36(32(39)27-12-14-28(33)15-13-27)24-31(38)37(22-25-7-3-2-4-8-25)23-30-9-5-18-35(30)21-26-10-16-29(34)17-11-26/h2-5,7-18H,6,19-24H2,1H3. The number of methoxy groups -OCH3 is 1. The first-order valence-electron chi connectivity index (χ1n) is 13.2. The monoisotopic (exact) mass is 561 g/mol. The number of amides is 2. The molecule has 1 heterocycles. The van der Waals surface area contributed by atoms with Gasteiger partial charge in [0.05, 0.1) is 6.54 Å². The molecule has 0 saturated heterocycles. The van der Waals surface area contributed by atoms with Crippen molar-refractivity contribution in [2.24, 2.45) is 0 Å². The van der Waals surface area contributed by atoms with Crippen LogP contribution in [-0.4, -0.2) is 53.0 Å². The van der Waals surface area contributed by atoms with Crippen molar-refractivity contribution in [3.8, 4) is 0 Å². The van der Waals surface area contributed by atoms with Crippen molar-refractivity contribution < 1.29 is 18.7 Å². The van der Waals surface area contributed by atoms with E-state index in [0.717, 1.165) is 16.8 Å². The van der Waals surface area contributed by atoms with Crippen molar-refractivity contribution in [2.75, 3.05) is 26.8 Å². The Balaban J connectivity index is 1.55. The highest BCUT2D eigenvalue weighted by atomic mass is 35.5. The van der Waals surface area contributed by atoms with Gasteiger partial charge in [-0.1, -0.05) is 54.1 Å². The number of carbonyl (C=O) groups excluding carboxylic acids is 2. The van der Waals surface area contributed by atoms with E-state index < -0.39 is 0 Å². The van der Waals surface area contributed by atoms with Gasteiger partial charge in [0.2, 0.25) is 5.91 Å². The number of aromatic nitrogens is 1. The Morgan fingerprint density at radius 2 is 1.57 bits per heavy atom. The van der Waals surface area contributed by atoms with Gasteiger partial charge in [-0.05, 0) is 66.1 Å². The van der Waals surface area contributed by atoms with Gasteiger partial charge in [0.1, 0.15) is 12.4 Å². The van der Waals surface area contributed by atoms with E-state index in [1.54, 1.807) is 53.3 Å². The summed E-state index contributed by atoms with van der Waals surface area (Å²) in [5.41, 5.74) is 3.35. The minimum atomic E-state index is -0.278. The lowest BCUT2D eigenvalue weighted by Crippen LogP contribution is -2.43. The summed E-state index contributed by atoms with van der Waals surface area (Å²) < 4.78 is 20.6. The number of ether oxygens (including phenoxy) is 1. The number of hydrogen-bond donors (Lipinski definition) is 0. The molecule has 0 aliphatic carbocycles. The van der Waals surface area contributed by atoms with E-state index >= 15 is 0 Å². The molecule has 40 heavy (non-hydrogen) atoms. The molecular weight excluding hydrogens is 529 g/mol. The summed E-state index contributed by atoms with van der Waals surface area (Å²) in [6.45, 7) is 2.07. The average molecular weight is 562 g/mol. The lowest BCUT2D eigenvalue weighted by atomic mass is 10.1. The average Bonchev–Trinajstić information content (AvgIpc) is 3.40. The first kappa shape index (κ1) is 29.1. The fourth-order valence-corrected chi connectivity index (χ4v) is 4.58. The highest BCUT2D eigenvalue weighted by molar-refractivity contribution is 6.30. The topological polar surface area (TPSA) is 54.8 Å². The lowest BCUT2D eigenvalue weighted by Gasteiger charge is -2.28. The van der Waals surface area contributed by atoms with E-state index in [4.69, 9.17) is 16.3 Å². The molecule has 2 amide bonds. The van der Waals surface area contributed by atoms with Crippen LogP contribution < -0.4 is 0 Å². The summed E-state index contributed by atoms with van der Waals surface area (Å²) in [5.74, 6) is -0.683. The maximum absolute atomic E-state index is 13.8. The number of rotatable bonds is 13. The Bertz CT molecular complexity index is 1370. The molecule has 0 fully saturated rings. The number of carbonyl (C=O) groups is 2. The molecule has 8 heteroatoms. The number of benzene rings is 3. The lowest BCUT2D eigenvalue weighted by molar-refractivity contribution is -0.133. The third kappa shape index (κ3) is 8.28. The zero-order chi connectivity index (χ0) is 28.3. The molecule has 0 aliphatic heterocycles. The van der Waals surface area contributed by atoms with Gasteiger partial charge in [-0.25, -0.2) is 4.39 Å². The fourth-order valence-electron chi connectivity index (χ4n) is 4.46. The molecule has 0 radical (unpaired) electrons. The number of nitrogens with zero attached hydrogens (tertiary/aromatic N) is 3. The van der Waals surface area contributed by atoms with Gasteiger partial charge in [0, 0.05) is 55.8 Å². The minimum Gasteiger partial charge on any atom is -0.385 e. The molecule has 208 valence electrons. The van der Waals surface area contributed by atoms with Gasteiger partial charge in [-0.3, -0.25) is 9.59 Å². The van der Waals surface area contributed by atoms with Gasteiger partial charge >= 0.3 is 0 Å². The molecule has 0 spiro atoms. The van der Waals surface area contributed by atoms with Crippen molar-refractivity contribution in [3.05, 3.63) is 130 Å². The van der Waals surface area contributed by atoms with Crippen LogP contribution in [0.2, 0.25) is 5.02 Å². The second kappa shape index (κ2) is 14.4. The maximum atomic E-state index is 13.8. The Labute approximate surface area is 239 Å². The molecule has 0 N–H and O–H groups in total. The van der Waals surface area contributed by atoms with Crippen LogP contribution in [0.25, 0.3) is 0 Å². The SMILES string of the molecule is COCCCN(CC(=O)N(Cc1ccccc1)Cc1cccn1Cc1ccc(F)cc1)C(=O)c1ccc(Cl)cc1. The van der Waals surface area contributed by atoms with E-state index in [1.165, 1.54) is 12.1 Å². The molecule has 0 saturated carbocycles. The van der Waals surface area contributed by atoms with E-state index in [-0.39, 0.29) is 24.2 Å². The quantitative estimate of drug-likeness (QED) is 0.187. The van der Waals surface area contributed by atoms with Gasteiger partial charge in [0.25, 0.3) is 5.91 Å². The van der Waals surface area contributed by atoms with Crippen LogP contribution in [0.5, 0.6) is 0 Å². The highest BCUT2D eigenvalue weighted by Crippen LogP contribution is 2.16. The molecule has 6 nitrogen and oxygen atoms in total. The van der Waals surface area contributed by atoms with Gasteiger partial charge in [0.15, 0.2) is 0 Å². The second-order valence-corrected chi connectivity index (χ2v) is 10.0. The first-order chi connectivity index (χ1) is 19.4. The van der Waals surface area contributed by atoms with Crippen molar-refractivity contribution >= 4 is 23.4 Å². The van der Waals surface area contributed by atoms with Crippen molar-refractivity contribution in [1.29, 1.82) is 0 Å². The largest absolute Gasteiger partial charge is 0.385 e. The molecule has 0 atom stereocenters. The fraction of sp³-hybridized carbons (Fsp3) is 0.250. The summed E-state index contributed by atoms with van der Waals surface area (Å²) in [6, 6.07) is 26.8. The normalized spacial score (nSPS) is 10.9. The first-order valence-corrected chi connectivity index (χ1v) is 13.5. The van der Waals surface area contributed by atoms with Crippen LogP contribution in [0.4, 0.5) is 4.39 Å². The Morgan fingerprint density at radius 3 is 2.27 bits per heavy atom. The molecule has 0 unspecified atom stereocenters. The zero-order valence-corrected chi connectivity index (χ0v) is 23.3. The maximum Gasteiger partial charge on any atom is 0.254 e. The van der Waals surface area contributed by atoms with Crippen LogP contribution in [0.3, 0.4) is 0 Å². The summed E-state index contributed by atoms with van der Waals surface area (Å²) >= 11 is 6.02. The second-order valence-electron chi connectivity index (χ2n) is 9.57. The van der Waals surface area contributed by atoms with Gasteiger partial charge in [-0.15, -0.1) is 0 Å². The molecular formula is C32H33ClFN3O3. The molecule has 0 aliphatic rings. The molecule has 4 rings (SSSR count). The number of hydrogen-bond acceptors (Lipinski definition) is 3. The van der Waals surface area contributed by atoms with Crippen molar-refractivity contribution in [3.63, 3.8) is 0 Å². The summed E-state index contributed by atoms with van der Waals surface area (Å²) in [6.07, 6.45) is 2.55. The number of halogens is 2. The molecule has 0 bridgehead atoms. The van der Waals surface area contributed by atoms with Crippen LogP contribution in [0, 0.1) is 5.82 Å². The Hall–Kier alpha value is -3.94. The third-order valence-electron chi connectivity index (χ3n) is 6.59. The van der Waals surface area contributed by atoms with Crippen LogP contribution in [-0.2, 0) is 29.2 Å². The minimum absolute atomic E-state index is 0.0727. The smallest absolute Gasteiger partial charge is 0.254 e. The van der Waals surface area contributed by atoms with E-state index in [1.807, 2.05) is 53.2 Å². The van der Waals surface area contributed by atoms with Crippen LogP contribution >= 0.6 is 11.6 Å². The molecule has 3 aromatic carbocycles. The van der Waals surface area contributed by atoms with Crippen LogP contribution in [0.1, 0.15) is 33.6 Å². The van der Waals surface area contributed by atoms with E-state index in [0.29, 0.717) is 49.8 Å². The third-order valence-corrected chi connectivity index (χ3v) is 6.84. The highest BCUT2D eigenvalue weighted by Gasteiger charge is 2.23. The summed E-state index contributed by atoms with van der Waals surface area (Å²) in [4.78, 5) is 30.6. The Morgan fingerprint density at radius 1 is 0.850 bits per heavy atom. The van der Waals surface area contributed by atoms with Gasteiger partial charge in [-0.2, -0.15) is 0 Å². The summed E-state index contributed by atoms with van der Waals surface area (Å²) in [5, 5.41) is 0.538. The predicted octanol–water partition coefficient (Wildman–Crippen LogP) is 6.04. The van der Waals surface area contributed by atoms with Crippen LogP contribution in [0.15, 0.2) is 97.2 Å². The van der Waals surface area contributed by atoms with Gasteiger partial charge < -0.3 is 19.1 Å².